The van der Waals surface area contributed by atoms with Crippen molar-refractivity contribution >= 4 is 34.6 Å². The fourth-order valence-corrected chi connectivity index (χ4v) is 4.30. The van der Waals surface area contributed by atoms with Gasteiger partial charge in [0.25, 0.3) is 0 Å². The van der Waals surface area contributed by atoms with Crippen molar-refractivity contribution in [2.75, 3.05) is 33.1 Å². The first-order valence-electron chi connectivity index (χ1n) is 13.7. The van der Waals surface area contributed by atoms with E-state index in [-0.39, 0.29) is 11.8 Å². The number of benzene rings is 3. The summed E-state index contributed by atoms with van der Waals surface area (Å²) in [4.78, 5) is 13.6. The lowest BCUT2D eigenvalue weighted by Crippen LogP contribution is -2.16. The van der Waals surface area contributed by atoms with Crippen LogP contribution in [0.25, 0.3) is 23.1 Å². The van der Waals surface area contributed by atoms with Crippen molar-refractivity contribution in [2.45, 2.75) is 32.6 Å². The first kappa shape index (κ1) is 28.1. The van der Waals surface area contributed by atoms with Crippen LogP contribution in [0.15, 0.2) is 72.8 Å². The summed E-state index contributed by atoms with van der Waals surface area (Å²) in [5.74, 6) is 1.89. The van der Waals surface area contributed by atoms with Gasteiger partial charge in [0.15, 0.2) is 0 Å². The minimum atomic E-state index is 0.134. The van der Waals surface area contributed by atoms with Gasteiger partial charge in [0.2, 0.25) is 5.91 Å². The molecule has 0 aliphatic heterocycles. The molecule has 1 amide bonds. The van der Waals surface area contributed by atoms with Crippen molar-refractivity contribution in [1.82, 2.24) is 15.1 Å². The number of hydrogen-bond donors (Lipinski definition) is 2. The number of methoxy groups -OCH3 is 1. The number of ether oxygens (including phenoxy) is 1. The Hall–Kier alpha value is -3.90. The Labute approximate surface area is 232 Å². The zero-order chi connectivity index (χ0) is 27.6. The van der Waals surface area contributed by atoms with Crippen molar-refractivity contribution in [3.05, 3.63) is 89.6 Å². The van der Waals surface area contributed by atoms with Crippen LogP contribution in [0.2, 0.25) is 0 Å². The maximum atomic E-state index is 11.4. The molecule has 6 heteroatoms. The van der Waals surface area contributed by atoms with E-state index in [9.17, 15) is 4.79 Å². The molecule has 1 aliphatic carbocycles. The summed E-state index contributed by atoms with van der Waals surface area (Å²) in [5, 5.41) is 11.5. The van der Waals surface area contributed by atoms with Gasteiger partial charge in [-0.25, -0.2) is 0 Å². The van der Waals surface area contributed by atoms with Crippen molar-refractivity contribution in [2.24, 2.45) is 11.8 Å². The van der Waals surface area contributed by atoms with Gasteiger partial charge in [-0.05, 0) is 99.8 Å². The fraction of sp³-hybridized carbons (Fsp3) is 0.333. The summed E-state index contributed by atoms with van der Waals surface area (Å²) in [6.45, 7) is 3.49. The molecule has 1 unspecified atom stereocenters. The molecule has 1 saturated carbocycles. The number of nitrogens with zero attached hydrogens (tertiary/aromatic N) is 2. The Morgan fingerprint density at radius 3 is 2.44 bits per heavy atom. The molecule has 1 atom stereocenters. The molecule has 1 heterocycles. The predicted octanol–water partition coefficient (Wildman–Crippen LogP) is 6.91. The standard InChI is InChI=1S/C22H27N3.C11H13NO2/c1-17(14-15-25(2)3)16-19-10-8-18(9-11-19)12-13-22-20-6-4-5-7-21(20)23-24-22;1-14-10-6-4-9(5-7-10)12-11(13)8-2-3-8/h4-13,17H,14-16H2,1-3H3,(H,23,24);4-8H,2-3H2,1H3,(H,12,13)/b13-12+;. The molecule has 5 rings (SSSR count). The van der Waals surface area contributed by atoms with Crippen LogP contribution in [-0.4, -0.2) is 48.8 Å². The van der Waals surface area contributed by atoms with Gasteiger partial charge in [-0.2, -0.15) is 5.10 Å². The Bertz CT molecular complexity index is 1350. The van der Waals surface area contributed by atoms with E-state index in [1.54, 1.807) is 7.11 Å². The van der Waals surface area contributed by atoms with E-state index in [1.165, 1.54) is 17.5 Å². The Morgan fingerprint density at radius 2 is 1.77 bits per heavy atom. The molecule has 0 spiro atoms. The fourth-order valence-electron chi connectivity index (χ4n) is 4.30. The van der Waals surface area contributed by atoms with Gasteiger partial charge >= 0.3 is 0 Å². The lowest BCUT2D eigenvalue weighted by Gasteiger charge is -2.15. The Kier molecular flexibility index (Phi) is 9.92. The van der Waals surface area contributed by atoms with Gasteiger partial charge < -0.3 is 15.0 Å². The third-order valence-electron chi connectivity index (χ3n) is 6.87. The van der Waals surface area contributed by atoms with Gasteiger partial charge in [-0.1, -0.05) is 55.5 Å². The zero-order valence-corrected chi connectivity index (χ0v) is 23.5. The monoisotopic (exact) mass is 524 g/mol. The average molecular weight is 525 g/mol. The predicted molar refractivity (Wildman–Crippen MR) is 162 cm³/mol. The molecule has 2 N–H and O–H groups in total. The molecule has 0 radical (unpaired) electrons. The number of amides is 1. The number of para-hydroxylation sites is 1. The number of H-pyrrole nitrogens is 1. The summed E-state index contributed by atoms with van der Waals surface area (Å²) in [6.07, 6.45) is 8.64. The zero-order valence-electron chi connectivity index (χ0n) is 23.5. The second kappa shape index (κ2) is 13.8. The van der Waals surface area contributed by atoms with E-state index >= 15 is 0 Å². The number of fused-ring (bicyclic) bond motifs is 1. The van der Waals surface area contributed by atoms with E-state index in [0.717, 1.165) is 53.8 Å². The van der Waals surface area contributed by atoms with E-state index in [4.69, 9.17) is 4.74 Å². The maximum absolute atomic E-state index is 11.4. The topological polar surface area (TPSA) is 70.2 Å². The van der Waals surface area contributed by atoms with Crippen molar-refractivity contribution in [3.8, 4) is 5.75 Å². The molecule has 3 aromatic carbocycles. The smallest absolute Gasteiger partial charge is 0.227 e. The van der Waals surface area contributed by atoms with Crippen LogP contribution in [-0.2, 0) is 11.2 Å². The number of carbonyl (C=O) groups excluding carboxylic acids is 1. The van der Waals surface area contributed by atoms with Crippen LogP contribution >= 0.6 is 0 Å². The molecule has 1 aliphatic rings. The highest BCUT2D eigenvalue weighted by Crippen LogP contribution is 2.30. The van der Waals surface area contributed by atoms with Gasteiger partial charge in [0.05, 0.1) is 18.3 Å². The van der Waals surface area contributed by atoms with Gasteiger partial charge in [0, 0.05) is 17.0 Å². The SMILES string of the molecule is CC(CCN(C)C)Cc1ccc(/C=C/c2n[nH]c3ccccc23)cc1.COc1ccc(NC(=O)C2CC2)cc1. The summed E-state index contributed by atoms with van der Waals surface area (Å²) in [6, 6.07) is 24.4. The number of rotatable bonds is 10. The largest absolute Gasteiger partial charge is 0.497 e. The van der Waals surface area contributed by atoms with Crippen LogP contribution in [0.1, 0.15) is 43.0 Å². The minimum Gasteiger partial charge on any atom is -0.497 e. The van der Waals surface area contributed by atoms with Crippen molar-refractivity contribution in [1.29, 1.82) is 0 Å². The number of aromatic amines is 1. The molecule has 6 nitrogen and oxygen atoms in total. The summed E-state index contributed by atoms with van der Waals surface area (Å²) >= 11 is 0. The van der Waals surface area contributed by atoms with Crippen molar-refractivity contribution in [3.63, 3.8) is 0 Å². The molecule has 1 fully saturated rings. The minimum absolute atomic E-state index is 0.134. The first-order valence-corrected chi connectivity index (χ1v) is 13.7. The normalized spacial score (nSPS) is 13.8. The second-order valence-corrected chi connectivity index (χ2v) is 10.6. The Morgan fingerprint density at radius 1 is 1.05 bits per heavy atom. The Balaban J connectivity index is 0.000000212. The molecule has 1 aromatic heterocycles. The van der Waals surface area contributed by atoms with Crippen molar-refractivity contribution < 1.29 is 9.53 Å². The summed E-state index contributed by atoms with van der Waals surface area (Å²) in [5.41, 5.74) is 5.51. The quantitative estimate of drug-likeness (QED) is 0.237. The molecular weight excluding hydrogens is 484 g/mol. The number of aromatic nitrogens is 2. The summed E-state index contributed by atoms with van der Waals surface area (Å²) < 4.78 is 5.02. The van der Waals surface area contributed by atoms with E-state index in [0.29, 0.717) is 5.92 Å². The molecule has 4 aromatic rings. The van der Waals surface area contributed by atoms with E-state index in [2.05, 4.69) is 83.9 Å². The lowest BCUT2D eigenvalue weighted by molar-refractivity contribution is -0.117. The molecular formula is C33H40N4O2. The number of hydrogen-bond acceptors (Lipinski definition) is 4. The third kappa shape index (κ3) is 8.82. The third-order valence-corrected chi connectivity index (χ3v) is 6.87. The highest BCUT2D eigenvalue weighted by molar-refractivity contribution is 5.94. The lowest BCUT2D eigenvalue weighted by atomic mass is 9.97. The van der Waals surface area contributed by atoms with Crippen LogP contribution < -0.4 is 10.1 Å². The van der Waals surface area contributed by atoms with E-state index in [1.807, 2.05) is 42.5 Å². The van der Waals surface area contributed by atoms with Gasteiger partial charge in [-0.15, -0.1) is 0 Å². The number of carbonyl (C=O) groups is 1. The molecule has 0 saturated heterocycles. The molecule has 204 valence electrons. The van der Waals surface area contributed by atoms with Crippen LogP contribution in [0.3, 0.4) is 0 Å². The van der Waals surface area contributed by atoms with Gasteiger partial charge in [0.1, 0.15) is 5.75 Å². The van der Waals surface area contributed by atoms with Crippen LogP contribution in [0.5, 0.6) is 5.75 Å². The molecule has 39 heavy (non-hydrogen) atoms. The molecule has 0 bridgehead atoms. The highest BCUT2D eigenvalue weighted by Gasteiger charge is 2.29. The maximum Gasteiger partial charge on any atom is 0.227 e. The van der Waals surface area contributed by atoms with Crippen LogP contribution in [0.4, 0.5) is 5.69 Å². The highest BCUT2D eigenvalue weighted by atomic mass is 16.5. The number of anilines is 1. The second-order valence-electron chi connectivity index (χ2n) is 10.6. The summed E-state index contributed by atoms with van der Waals surface area (Å²) in [7, 11) is 5.89. The average Bonchev–Trinajstić information content (AvgIpc) is 3.73. The van der Waals surface area contributed by atoms with Crippen LogP contribution in [0, 0.1) is 11.8 Å². The van der Waals surface area contributed by atoms with E-state index < -0.39 is 0 Å². The number of nitrogens with one attached hydrogen (secondary N) is 2. The first-order chi connectivity index (χ1) is 18.9. The van der Waals surface area contributed by atoms with Gasteiger partial charge in [-0.3, -0.25) is 9.89 Å².